The maximum Gasteiger partial charge on any atom is 0.133 e. The van der Waals surface area contributed by atoms with Crippen LogP contribution in [0.2, 0.25) is 0 Å². The molecule has 0 aliphatic rings. The van der Waals surface area contributed by atoms with Crippen LogP contribution >= 0.6 is 0 Å². The molecule has 0 aliphatic heterocycles. The predicted molar refractivity (Wildman–Crippen MR) is 42.2 cm³/mol. The number of aromatic nitrogens is 2. The number of hydrogen-bond donors (Lipinski definition) is 0. The monoisotopic (exact) mass is 156 g/mol. The topological polar surface area (TPSA) is 17.8 Å². The first-order valence-corrected chi connectivity index (χ1v) is 3.76. The second-order valence-corrected chi connectivity index (χ2v) is 2.95. The van der Waals surface area contributed by atoms with Crippen molar-refractivity contribution in [1.82, 2.24) is 9.78 Å². The summed E-state index contributed by atoms with van der Waals surface area (Å²) in [5.74, 6) is 0. The molecule has 62 valence electrons. The Bertz CT molecular complexity index is 240. The highest BCUT2D eigenvalue weighted by Crippen LogP contribution is 2.10. The van der Waals surface area contributed by atoms with E-state index in [1.54, 1.807) is 6.07 Å². The van der Waals surface area contributed by atoms with Gasteiger partial charge in [-0.2, -0.15) is 5.10 Å². The highest BCUT2D eigenvalue weighted by molar-refractivity contribution is 5.08. The number of rotatable bonds is 2. The third-order valence-electron chi connectivity index (χ3n) is 1.60. The minimum Gasteiger partial charge on any atom is -0.267 e. The molecular weight excluding hydrogens is 143 g/mol. The lowest BCUT2D eigenvalue weighted by Gasteiger charge is -2.06. The molecule has 0 fully saturated rings. The van der Waals surface area contributed by atoms with Gasteiger partial charge in [0.2, 0.25) is 0 Å². The molecule has 0 N–H and O–H groups in total. The molecule has 0 radical (unpaired) electrons. The number of nitrogens with zero attached hydrogens (tertiary/aromatic N) is 2. The van der Waals surface area contributed by atoms with Crippen molar-refractivity contribution in [3.63, 3.8) is 0 Å². The predicted octanol–water partition coefficient (Wildman–Crippen LogP) is 2.24. The highest BCUT2D eigenvalue weighted by Gasteiger charge is 2.05. The Hall–Kier alpha value is -0.860. The van der Waals surface area contributed by atoms with E-state index in [0.29, 0.717) is 11.7 Å². The van der Waals surface area contributed by atoms with Gasteiger partial charge < -0.3 is 0 Å². The van der Waals surface area contributed by atoms with Crippen molar-refractivity contribution in [2.45, 2.75) is 33.5 Å². The van der Waals surface area contributed by atoms with Gasteiger partial charge in [-0.15, -0.1) is 0 Å². The number of halogens is 1. The summed E-state index contributed by atoms with van der Waals surface area (Å²) in [6.45, 7) is 5.52. The van der Waals surface area contributed by atoms with Gasteiger partial charge in [-0.25, -0.2) is 4.39 Å². The van der Waals surface area contributed by atoms with Crippen molar-refractivity contribution < 1.29 is 4.39 Å². The van der Waals surface area contributed by atoms with Crippen molar-refractivity contribution in [2.75, 3.05) is 0 Å². The first-order chi connectivity index (χ1) is 5.15. The molecule has 0 saturated heterocycles. The Morgan fingerprint density at radius 1 is 1.64 bits per heavy atom. The SMILES string of the molecule is Cc1cc(CF)nn1C(C)C. The zero-order valence-corrected chi connectivity index (χ0v) is 7.13. The van der Waals surface area contributed by atoms with Crippen LogP contribution in [0.4, 0.5) is 4.39 Å². The molecule has 3 heteroatoms. The molecule has 0 unspecified atom stereocenters. The highest BCUT2D eigenvalue weighted by atomic mass is 19.1. The fraction of sp³-hybridized carbons (Fsp3) is 0.625. The molecule has 0 saturated carbocycles. The molecular formula is C8H13FN2. The van der Waals surface area contributed by atoms with Gasteiger partial charge >= 0.3 is 0 Å². The summed E-state index contributed by atoms with van der Waals surface area (Å²) in [5.41, 5.74) is 1.55. The Morgan fingerprint density at radius 3 is 2.55 bits per heavy atom. The zero-order valence-electron chi connectivity index (χ0n) is 7.13. The van der Waals surface area contributed by atoms with E-state index in [2.05, 4.69) is 5.10 Å². The molecule has 0 bridgehead atoms. The average Bonchev–Trinajstić information content (AvgIpc) is 2.30. The maximum absolute atomic E-state index is 12.1. The van der Waals surface area contributed by atoms with Crippen LogP contribution in [0.15, 0.2) is 6.07 Å². The van der Waals surface area contributed by atoms with Crippen LogP contribution in [0.5, 0.6) is 0 Å². The maximum atomic E-state index is 12.1. The lowest BCUT2D eigenvalue weighted by atomic mass is 10.3. The molecule has 1 rings (SSSR count). The summed E-state index contributed by atoms with van der Waals surface area (Å²) < 4.78 is 13.9. The van der Waals surface area contributed by atoms with E-state index < -0.39 is 6.67 Å². The third-order valence-corrected chi connectivity index (χ3v) is 1.60. The van der Waals surface area contributed by atoms with Crippen LogP contribution in [-0.4, -0.2) is 9.78 Å². The van der Waals surface area contributed by atoms with Crippen LogP contribution in [0, 0.1) is 6.92 Å². The molecule has 1 heterocycles. The van der Waals surface area contributed by atoms with E-state index in [1.807, 2.05) is 25.5 Å². The summed E-state index contributed by atoms with van der Waals surface area (Å²) in [6.07, 6.45) is 0. The number of alkyl halides is 1. The Labute approximate surface area is 66.0 Å². The molecule has 0 aromatic carbocycles. The van der Waals surface area contributed by atoms with E-state index >= 15 is 0 Å². The van der Waals surface area contributed by atoms with Gasteiger partial charge in [0.05, 0.1) is 5.69 Å². The molecule has 0 spiro atoms. The number of aryl methyl sites for hydroxylation is 1. The summed E-state index contributed by atoms with van der Waals surface area (Å²) in [4.78, 5) is 0. The molecule has 1 aromatic rings. The van der Waals surface area contributed by atoms with Gasteiger partial charge in [0.15, 0.2) is 0 Å². The van der Waals surface area contributed by atoms with Crippen LogP contribution < -0.4 is 0 Å². The standard InChI is InChI=1S/C8H13FN2/c1-6(2)11-7(3)4-8(5-9)10-11/h4,6H,5H2,1-3H3. The van der Waals surface area contributed by atoms with Gasteiger partial charge in [-0.3, -0.25) is 4.68 Å². The lowest BCUT2D eigenvalue weighted by molar-refractivity contribution is 0.455. The van der Waals surface area contributed by atoms with Crippen LogP contribution in [0.1, 0.15) is 31.3 Å². The van der Waals surface area contributed by atoms with Crippen LogP contribution in [0.3, 0.4) is 0 Å². The molecule has 1 aromatic heterocycles. The van der Waals surface area contributed by atoms with Gasteiger partial charge in [0.25, 0.3) is 0 Å². The van der Waals surface area contributed by atoms with Crippen molar-refractivity contribution in [3.05, 3.63) is 17.5 Å². The van der Waals surface area contributed by atoms with E-state index in [9.17, 15) is 4.39 Å². The lowest BCUT2D eigenvalue weighted by Crippen LogP contribution is -2.04. The zero-order chi connectivity index (χ0) is 8.43. The Balaban J connectivity index is 2.97. The normalized spacial score (nSPS) is 11.0. The quantitative estimate of drug-likeness (QED) is 0.642. The molecule has 11 heavy (non-hydrogen) atoms. The molecule has 0 aliphatic carbocycles. The molecule has 0 amide bonds. The molecule has 2 nitrogen and oxygen atoms in total. The minimum absolute atomic E-state index is 0.315. The fourth-order valence-corrected chi connectivity index (χ4v) is 1.14. The van der Waals surface area contributed by atoms with Crippen molar-refractivity contribution in [1.29, 1.82) is 0 Å². The smallest absolute Gasteiger partial charge is 0.133 e. The van der Waals surface area contributed by atoms with Gasteiger partial charge in [-0.1, -0.05) is 0 Å². The summed E-state index contributed by atoms with van der Waals surface area (Å²) in [5, 5.41) is 4.07. The van der Waals surface area contributed by atoms with E-state index in [1.165, 1.54) is 0 Å². The van der Waals surface area contributed by atoms with Crippen LogP contribution in [0.25, 0.3) is 0 Å². The molecule has 0 atom stereocenters. The summed E-state index contributed by atoms with van der Waals surface area (Å²) in [7, 11) is 0. The van der Waals surface area contributed by atoms with Gasteiger partial charge in [-0.05, 0) is 26.8 Å². The van der Waals surface area contributed by atoms with Crippen LogP contribution in [-0.2, 0) is 6.67 Å². The Morgan fingerprint density at radius 2 is 2.27 bits per heavy atom. The summed E-state index contributed by atoms with van der Waals surface area (Å²) in [6, 6.07) is 2.09. The fourth-order valence-electron chi connectivity index (χ4n) is 1.14. The van der Waals surface area contributed by atoms with Gasteiger partial charge in [0.1, 0.15) is 6.67 Å². The minimum atomic E-state index is -0.472. The van der Waals surface area contributed by atoms with E-state index in [0.717, 1.165) is 5.69 Å². The van der Waals surface area contributed by atoms with E-state index in [4.69, 9.17) is 0 Å². The average molecular weight is 156 g/mol. The first kappa shape index (κ1) is 8.24. The van der Waals surface area contributed by atoms with Crippen molar-refractivity contribution >= 4 is 0 Å². The largest absolute Gasteiger partial charge is 0.267 e. The van der Waals surface area contributed by atoms with E-state index in [-0.39, 0.29) is 0 Å². The van der Waals surface area contributed by atoms with Crippen molar-refractivity contribution in [3.8, 4) is 0 Å². The second-order valence-electron chi connectivity index (χ2n) is 2.95. The summed E-state index contributed by atoms with van der Waals surface area (Å²) >= 11 is 0. The number of hydrogen-bond acceptors (Lipinski definition) is 1. The first-order valence-electron chi connectivity index (χ1n) is 3.76. The van der Waals surface area contributed by atoms with Gasteiger partial charge in [0, 0.05) is 11.7 Å². The van der Waals surface area contributed by atoms with Crippen molar-refractivity contribution in [2.24, 2.45) is 0 Å². The Kier molecular flexibility index (Phi) is 2.27. The second kappa shape index (κ2) is 3.03. The third kappa shape index (κ3) is 1.59.